The minimum atomic E-state index is -2.90. The molecule has 0 spiro atoms. The first-order chi connectivity index (χ1) is 14.0. The van der Waals surface area contributed by atoms with Crippen molar-refractivity contribution in [1.29, 1.82) is 0 Å². The number of alkyl halides is 2. The number of unbranched alkanes of at least 4 members (excludes halogenated alkanes) is 1. The lowest BCUT2D eigenvalue weighted by atomic mass is 10.1. The Hall–Kier alpha value is -2.03. The van der Waals surface area contributed by atoms with E-state index < -0.39 is 28.9 Å². The highest BCUT2D eigenvalue weighted by Gasteiger charge is 2.25. The molecule has 0 saturated carbocycles. The van der Waals surface area contributed by atoms with Crippen molar-refractivity contribution in [2.24, 2.45) is 0 Å². The molecule has 6 nitrogen and oxygen atoms in total. The number of carbonyl (C=O) groups excluding carboxylic acids is 2. The number of alkyl carbamates (subject to hydrolysis) is 1. The smallest absolute Gasteiger partial charge is 0.408 e. The average molecular weight is 448 g/mol. The predicted molar refractivity (Wildman–Crippen MR) is 113 cm³/mol. The molecule has 0 radical (unpaired) electrons. The van der Waals surface area contributed by atoms with E-state index in [1.165, 1.54) is 23.9 Å². The van der Waals surface area contributed by atoms with Gasteiger partial charge in [-0.25, -0.2) is 4.79 Å². The molecule has 1 N–H and O–H groups in total. The highest BCUT2D eigenvalue weighted by molar-refractivity contribution is 8.01. The number of benzene rings is 1. The van der Waals surface area contributed by atoms with Crippen molar-refractivity contribution >= 4 is 23.8 Å². The van der Waals surface area contributed by atoms with Crippen molar-refractivity contribution in [2.75, 3.05) is 6.61 Å². The first-order valence-corrected chi connectivity index (χ1v) is 10.8. The molecular formula is C21H31F2NO5S. The Labute approximate surface area is 181 Å². The molecule has 0 fully saturated rings. The molecule has 1 rings (SSSR count). The fourth-order valence-electron chi connectivity index (χ4n) is 2.33. The van der Waals surface area contributed by atoms with E-state index in [9.17, 15) is 18.4 Å². The number of carbonyl (C=O) groups is 2. The fraction of sp³-hybridized carbons (Fsp3) is 0.619. The van der Waals surface area contributed by atoms with Crippen molar-refractivity contribution in [3.8, 4) is 5.75 Å². The maximum Gasteiger partial charge on any atom is 0.408 e. The van der Waals surface area contributed by atoms with Crippen LogP contribution in [0.5, 0.6) is 5.75 Å². The van der Waals surface area contributed by atoms with Gasteiger partial charge in [-0.2, -0.15) is 8.78 Å². The summed E-state index contributed by atoms with van der Waals surface area (Å²) in [5.41, 5.74) is 0.106. The molecule has 0 bridgehead atoms. The van der Waals surface area contributed by atoms with Crippen molar-refractivity contribution < 1.29 is 32.6 Å². The summed E-state index contributed by atoms with van der Waals surface area (Å²) < 4.78 is 39.5. The molecule has 170 valence electrons. The molecule has 1 aromatic carbocycles. The first-order valence-electron chi connectivity index (χ1n) is 9.85. The highest BCUT2D eigenvalue weighted by Crippen LogP contribution is 2.23. The largest absolute Gasteiger partial charge is 0.465 e. The third-order valence-corrected chi connectivity index (χ3v) is 4.90. The summed E-state index contributed by atoms with van der Waals surface area (Å²) in [5, 5.41) is 1.76. The third-order valence-electron chi connectivity index (χ3n) is 3.69. The van der Waals surface area contributed by atoms with Crippen molar-refractivity contribution in [1.82, 2.24) is 5.32 Å². The van der Waals surface area contributed by atoms with Crippen LogP contribution in [0.25, 0.3) is 0 Å². The number of rotatable bonds is 11. The van der Waals surface area contributed by atoms with Crippen LogP contribution in [0.15, 0.2) is 24.3 Å². The topological polar surface area (TPSA) is 73.9 Å². The lowest BCUT2D eigenvalue weighted by Gasteiger charge is -2.25. The number of halogens is 2. The summed E-state index contributed by atoms with van der Waals surface area (Å²) in [5.74, 6) is -0.309. The van der Waals surface area contributed by atoms with Crippen LogP contribution in [0.1, 0.15) is 53.0 Å². The molecule has 9 heteroatoms. The molecule has 0 aliphatic heterocycles. The van der Waals surface area contributed by atoms with E-state index in [2.05, 4.69) is 10.1 Å². The second kappa shape index (κ2) is 12.6. The van der Waals surface area contributed by atoms with Crippen LogP contribution in [0.3, 0.4) is 0 Å². The van der Waals surface area contributed by atoms with Gasteiger partial charge in [-0.15, -0.1) is 11.8 Å². The summed E-state index contributed by atoms with van der Waals surface area (Å²) >= 11 is 1.24. The minimum absolute atomic E-state index is 0.0472. The van der Waals surface area contributed by atoms with Gasteiger partial charge in [-0.1, -0.05) is 25.5 Å². The Morgan fingerprint density at radius 2 is 1.80 bits per heavy atom. The number of esters is 1. The van der Waals surface area contributed by atoms with Gasteiger partial charge in [-0.05, 0) is 51.8 Å². The molecule has 1 amide bonds. The van der Waals surface area contributed by atoms with Crippen LogP contribution in [-0.2, 0) is 20.7 Å². The molecular weight excluding hydrogens is 416 g/mol. The monoisotopic (exact) mass is 447 g/mol. The molecule has 30 heavy (non-hydrogen) atoms. The molecule has 0 saturated heterocycles. The molecule has 1 aromatic rings. The van der Waals surface area contributed by atoms with E-state index in [4.69, 9.17) is 9.47 Å². The quantitative estimate of drug-likeness (QED) is 0.287. The summed E-state index contributed by atoms with van der Waals surface area (Å²) in [6, 6.07) is 6.12. The Morgan fingerprint density at radius 1 is 1.17 bits per heavy atom. The lowest BCUT2D eigenvalue weighted by molar-refractivity contribution is -0.142. The van der Waals surface area contributed by atoms with Gasteiger partial charge in [0.1, 0.15) is 16.6 Å². The second-order valence-corrected chi connectivity index (χ2v) is 9.21. The van der Waals surface area contributed by atoms with E-state index in [0.29, 0.717) is 13.0 Å². The zero-order valence-corrected chi connectivity index (χ0v) is 18.9. The van der Waals surface area contributed by atoms with Gasteiger partial charge in [0.15, 0.2) is 0 Å². The van der Waals surface area contributed by atoms with Gasteiger partial charge in [0.2, 0.25) is 0 Å². The summed E-state index contributed by atoms with van der Waals surface area (Å²) in [6.07, 6.45) is 1.45. The van der Waals surface area contributed by atoms with E-state index in [1.54, 1.807) is 39.8 Å². The van der Waals surface area contributed by atoms with E-state index in [-0.39, 0.29) is 11.7 Å². The normalized spacial score (nSPS) is 13.5. The van der Waals surface area contributed by atoms with Crippen LogP contribution in [-0.4, -0.2) is 41.5 Å². The Kier molecular flexibility index (Phi) is 10.9. The van der Waals surface area contributed by atoms with Crippen LogP contribution >= 0.6 is 11.8 Å². The maximum absolute atomic E-state index is 12.3. The van der Waals surface area contributed by atoms with Crippen LogP contribution in [0, 0.1) is 0 Å². The van der Waals surface area contributed by atoms with Gasteiger partial charge >= 0.3 is 18.7 Å². The lowest BCUT2D eigenvalue weighted by Crippen LogP contribution is -2.40. The van der Waals surface area contributed by atoms with Gasteiger partial charge in [0.25, 0.3) is 0 Å². The number of nitrogens with one attached hydrogen (secondary N) is 1. The molecule has 0 aliphatic rings. The zero-order chi connectivity index (χ0) is 22.7. The zero-order valence-electron chi connectivity index (χ0n) is 18.1. The number of amides is 1. The third kappa shape index (κ3) is 11.2. The predicted octanol–water partition coefficient (Wildman–Crippen LogP) is 5.15. The molecule has 0 aliphatic carbocycles. The maximum atomic E-state index is 12.3. The summed E-state index contributed by atoms with van der Waals surface area (Å²) in [6.45, 7) is 6.44. The van der Waals surface area contributed by atoms with E-state index >= 15 is 0 Å². The van der Waals surface area contributed by atoms with Gasteiger partial charge < -0.3 is 19.5 Å². The fourth-order valence-corrected chi connectivity index (χ4v) is 3.45. The number of ether oxygens (including phenoxy) is 3. The summed E-state index contributed by atoms with van der Waals surface area (Å²) in [4.78, 5) is 24.4. The van der Waals surface area contributed by atoms with Gasteiger partial charge in [0.05, 0.1) is 12.0 Å². The average Bonchev–Trinajstić information content (AvgIpc) is 2.61. The Morgan fingerprint density at radius 3 is 2.33 bits per heavy atom. The van der Waals surface area contributed by atoms with Crippen LogP contribution in [0.4, 0.5) is 13.6 Å². The van der Waals surface area contributed by atoms with Gasteiger partial charge in [0, 0.05) is 6.42 Å². The van der Waals surface area contributed by atoms with Crippen molar-refractivity contribution in [2.45, 2.75) is 76.7 Å². The molecule has 2 atom stereocenters. The molecule has 1 unspecified atom stereocenters. The first kappa shape index (κ1) is 26.0. The van der Waals surface area contributed by atoms with Crippen molar-refractivity contribution in [3.63, 3.8) is 0 Å². The second-order valence-electron chi connectivity index (χ2n) is 7.66. The number of hydrogen-bond donors (Lipinski definition) is 1. The van der Waals surface area contributed by atoms with Crippen LogP contribution in [0.2, 0.25) is 0 Å². The molecule has 0 aromatic heterocycles. The highest BCUT2D eigenvalue weighted by atomic mass is 32.2. The van der Waals surface area contributed by atoms with Crippen LogP contribution < -0.4 is 10.1 Å². The number of hydrogen-bond acceptors (Lipinski definition) is 6. The van der Waals surface area contributed by atoms with Crippen molar-refractivity contribution in [3.05, 3.63) is 29.8 Å². The SMILES string of the molecule is CCCCOC(=O)C(C)S[C@H](Cc1ccc(OC(F)F)cc1)NC(=O)OC(C)(C)C. The minimum Gasteiger partial charge on any atom is -0.465 e. The standard InChI is InChI=1S/C21H31F2NO5S/c1-6-7-12-27-18(25)14(2)30-17(24-20(26)29-21(3,4)5)13-15-8-10-16(11-9-15)28-19(22)23/h8-11,14,17,19H,6-7,12-13H2,1-5H3,(H,24,26)/t14?,17-/m1/s1. The van der Waals surface area contributed by atoms with E-state index in [0.717, 1.165) is 18.4 Å². The van der Waals surface area contributed by atoms with E-state index in [1.807, 2.05) is 6.92 Å². The Bertz CT molecular complexity index is 664. The Balaban J connectivity index is 2.81. The molecule has 0 heterocycles. The number of thioether (sulfide) groups is 1. The van der Waals surface area contributed by atoms with Gasteiger partial charge in [-0.3, -0.25) is 4.79 Å². The summed E-state index contributed by atoms with van der Waals surface area (Å²) in [7, 11) is 0.